The molecule has 3 aliphatic heterocycles. The molecule has 0 aliphatic carbocycles. The Morgan fingerprint density at radius 3 is 0.938 bits per heavy atom. The number of methoxy groups -OCH3 is 2. The van der Waals surface area contributed by atoms with Crippen LogP contribution in [0, 0.1) is 34.9 Å². The number of phenols is 1. The molecule has 17 rings (SSSR count). The molecule has 0 radical (unpaired) electrons. The minimum Gasteiger partial charge on any atom is -0.505 e. The number of aromatic nitrogens is 3. The van der Waals surface area contributed by atoms with Crippen LogP contribution in [0.15, 0.2) is 213 Å². The molecule has 6 heterocycles. The van der Waals surface area contributed by atoms with E-state index in [0.717, 1.165) is 89.3 Å². The number of benzene rings is 11. The molecule has 3 aliphatic rings. The number of carbonyl (C=O) groups excluding carboxylic acids is 5. The number of pyridine rings is 3. The van der Waals surface area contributed by atoms with Gasteiger partial charge in [0.05, 0.1) is 72.3 Å². The van der Waals surface area contributed by atoms with Gasteiger partial charge in [0.25, 0.3) is 29.5 Å². The first-order valence-electron chi connectivity index (χ1n) is 44.9. The third-order valence-corrected chi connectivity index (χ3v) is 28.1. The van der Waals surface area contributed by atoms with E-state index in [-0.39, 0.29) is 160 Å². The second kappa shape index (κ2) is 43.0. The van der Waals surface area contributed by atoms with Gasteiger partial charge in [-0.3, -0.25) is 51.8 Å². The molecule has 38 heteroatoms. The molecule has 0 fully saturated rings. The smallest absolute Gasteiger partial charge is 0.336 e. The fourth-order valence-electron chi connectivity index (χ4n) is 17.2. The number of hydrogen-bond donors (Lipinski definition) is 2. The van der Waals surface area contributed by atoms with Gasteiger partial charge >= 0.3 is 5.97 Å². The molecule has 144 heavy (non-hydrogen) atoms. The van der Waals surface area contributed by atoms with Crippen molar-refractivity contribution in [3.8, 4) is 28.7 Å². The van der Waals surface area contributed by atoms with Crippen molar-refractivity contribution >= 4 is 115 Å². The first kappa shape index (κ1) is 104. The number of anilines is 3. The van der Waals surface area contributed by atoms with Crippen molar-refractivity contribution < 1.29 is 110 Å². The number of nitrogens with zero attached hydrogens (tertiary/aromatic N) is 11. The molecule has 0 atom stereocenters. The molecule has 11 aromatic carbocycles. The third-order valence-electron chi connectivity index (χ3n) is 24.5. The lowest BCUT2D eigenvalue weighted by atomic mass is 9.98. The van der Waals surface area contributed by atoms with Gasteiger partial charge in [-0.1, -0.05) is 92.7 Å². The lowest BCUT2D eigenvalue weighted by molar-refractivity contribution is 0.0683. The maximum absolute atomic E-state index is 14.4. The molecule has 0 saturated heterocycles. The average Bonchev–Trinajstić information content (AvgIpc) is 1.49. The van der Waals surface area contributed by atoms with Crippen LogP contribution in [0.5, 0.6) is 28.7 Å². The number of carboxylic acid groups (broad SMARTS) is 1. The number of rotatable bonds is 29. The van der Waals surface area contributed by atoms with Crippen LogP contribution in [-0.2, 0) is 102 Å². The second-order valence-corrected chi connectivity index (χ2v) is 40.8. The number of aromatic carboxylic acids is 1. The first-order chi connectivity index (χ1) is 68.3. The van der Waals surface area contributed by atoms with Gasteiger partial charge in [-0.05, 0) is 196 Å². The van der Waals surface area contributed by atoms with E-state index in [4.69, 9.17) is 28.9 Å². The summed E-state index contributed by atoms with van der Waals surface area (Å²) in [7, 11) is 1.87. The fraction of sp³-hybridized carbons (Fsp3) is 0.236. The first-order valence-corrected chi connectivity index (χ1v) is 50.5. The van der Waals surface area contributed by atoms with Gasteiger partial charge in [0, 0.05) is 151 Å². The molecule has 748 valence electrons. The SMILES string of the molecule is CC.CN(C)C(=O)c1cc(F)ccc1CN1Cc2c(c(O)c3ncc(Cc4ccc(F)cc4)cc3c2N(C)S(C)(=O)=O)C1=O.COc1ccc(COc2c3c(c(N(C)S(C)(=O)=O)c4cc(Cc5ccc(F)cc5)cnc24)CN(Cc2ccc(F)cc2C(=O)N(C)C)C3=O)cc1.COc1ccc(COc2c3c(c(N(C)S(C)(=O)=O)c4cc(Cc5ccc(F)cc5)cnc24)CN(Cc2ccc(F)cc2C(=O)O)C3=O)cc1. The number of ether oxygens (including phenoxy) is 4. The molecule has 0 saturated carbocycles. The summed E-state index contributed by atoms with van der Waals surface area (Å²) in [6.07, 6.45) is 8.97. The van der Waals surface area contributed by atoms with Crippen molar-refractivity contribution in [1.82, 2.24) is 39.5 Å². The Hall–Kier alpha value is -15.7. The fourth-order valence-corrected chi connectivity index (χ4v) is 18.8. The second-order valence-electron chi connectivity index (χ2n) is 34.8. The number of carbonyl (C=O) groups is 6. The van der Waals surface area contributed by atoms with Gasteiger partial charge in [0.1, 0.15) is 76.2 Å². The minimum atomic E-state index is -3.87. The van der Waals surface area contributed by atoms with Crippen molar-refractivity contribution in [3.63, 3.8) is 0 Å². The minimum absolute atomic E-state index is 0.0280. The van der Waals surface area contributed by atoms with Gasteiger partial charge in [-0.25, -0.2) is 56.4 Å². The monoisotopic (exact) mass is 2030 g/mol. The summed E-state index contributed by atoms with van der Waals surface area (Å²) in [5.74, 6) is -5.68. The van der Waals surface area contributed by atoms with Crippen LogP contribution in [0.3, 0.4) is 0 Å². The summed E-state index contributed by atoms with van der Waals surface area (Å²) in [5.41, 5.74) is 9.30. The van der Waals surface area contributed by atoms with E-state index in [0.29, 0.717) is 80.3 Å². The van der Waals surface area contributed by atoms with Crippen molar-refractivity contribution in [3.05, 3.63) is 359 Å². The highest BCUT2D eigenvalue weighted by molar-refractivity contribution is 7.92. The zero-order chi connectivity index (χ0) is 104. The van der Waals surface area contributed by atoms with Crippen LogP contribution in [0.2, 0.25) is 0 Å². The highest BCUT2D eigenvalue weighted by Gasteiger charge is 2.43. The van der Waals surface area contributed by atoms with Crippen LogP contribution in [0.1, 0.15) is 154 Å². The van der Waals surface area contributed by atoms with E-state index < -0.39 is 88.8 Å². The number of hydrogen-bond acceptors (Lipinski definition) is 20. The van der Waals surface area contributed by atoms with Crippen molar-refractivity contribution in [1.29, 1.82) is 0 Å². The lowest BCUT2D eigenvalue weighted by Crippen LogP contribution is -2.28. The number of aromatic hydroxyl groups is 1. The van der Waals surface area contributed by atoms with Crippen molar-refractivity contribution in [2.75, 3.05) is 95.2 Å². The summed E-state index contributed by atoms with van der Waals surface area (Å²) in [6.45, 7) is 3.51. The van der Waals surface area contributed by atoms with E-state index in [2.05, 4.69) is 4.98 Å². The number of sulfonamides is 3. The van der Waals surface area contributed by atoms with Crippen LogP contribution in [0.25, 0.3) is 32.7 Å². The molecule has 29 nitrogen and oxygen atoms in total. The Morgan fingerprint density at radius 2 is 0.639 bits per heavy atom. The number of amides is 5. The van der Waals surface area contributed by atoms with E-state index in [1.54, 1.807) is 126 Å². The van der Waals surface area contributed by atoms with Gasteiger partial charge in [-0.2, -0.15) is 0 Å². The predicted octanol–water partition coefficient (Wildman–Crippen LogP) is 17.0. The number of halogens is 6. The molecule has 0 unspecified atom stereocenters. The maximum atomic E-state index is 14.4. The van der Waals surface area contributed by atoms with Crippen molar-refractivity contribution in [2.45, 2.75) is 85.6 Å². The highest BCUT2D eigenvalue weighted by Crippen LogP contribution is 2.50. The Kier molecular flexibility index (Phi) is 31.1. The largest absolute Gasteiger partial charge is 0.505 e. The molecule has 0 bridgehead atoms. The Labute approximate surface area is 827 Å². The molecule has 14 aromatic rings. The number of carboxylic acids is 1. The quantitative estimate of drug-likeness (QED) is 0.0411. The highest BCUT2D eigenvalue weighted by atomic mass is 32.2. The van der Waals surface area contributed by atoms with Crippen LogP contribution < -0.4 is 31.9 Å². The molecule has 3 aromatic heterocycles. The topological polar surface area (TPSA) is 347 Å². The molecule has 2 N–H and O–H groups in total. The summed E-state index contributed by atoms with van der Waals surface area (Å²) in [5, 5.41) is 22.2. The average molecular weight is 2030 g/mol. The van der Waals surface area contributed by atoms with Gasteiger partial charge in [0.15, 0.2) is 17.2 Å². The standard InChI is InChI=1S/C38H36F2N4O6S.C36H31F2N3O7S.C30H28F2N4O5S.C2H6/c1-42(2)37(45)30-18-28(40)13-10-26(30)20-44-21-32-33(38(44)46)36(50-22-24-8-14-29(49-4)15-9-24)34-31(35(32)43(3)51(5,47)48)17-25(19-41-34)16-23-6-11-27(39)12-7-23;1-40(49(3,45)46)33-29-15-23(14-21-4-9-25(37)10-5-21)17-39-32(29)34(48-20-22-6-12-27(47-2)13-7-22)31-30(33)19-41(35(31)42)18-24-8-11-26(38)16-28(24)36(43)44;1-34(2)29(38)22-13-21(32)10-7-19(22)15-36-16-24-25(30(36)39)28(37)26-23(27(24)35(3)42(4,40)41)12-18(14-33-26)11-17-5-8-20(31)9-6-17;1-2/h6-15,17-19H,16,20-22H2,1-5H3;4-13,15-17H,14,18-20H2,1-3H3,(H,43,44);5-10,12-14,37H,11,15-16H2,1-4H3;1-2H3. The van der Waals surface area contributed by atoms with Crippen LogP contribution >= 0.6 is 0 Å². The Balaban J connectivity index is 0.000000170. The van der Waals surface area contributed by atoms with E-state index in [1.165, 1.54) is 133 Å². The third kappa shape index (κ3) is 22.6. The zero-order valence-corrected chi connectivity index (χ0v) is 83.3. The maximum Gasteiger partial charge on any atom is 0.336 e. The Bertz CT molecular complexity index is 7770. The van der Waals surface area contributed by atoms with Gasteiger partial charge < -0.3 is 53.7 Å². The summed E-state index contributed by atoms with van der Waals surface area (Å²) >= 11 is 0. The summed E-state index contributed by atoms with van der Waals surface area (Å²) in [6, 6.07) is 48.5. The Morgan fingerprint density at radius 1 is 0.368 bits per heavy atom. The van der Waals surface area contributed by atoms with Crippen molar-refractivity contribution in [2.24, 2.45) is 0 Å². The summed E-state index contributed by atoms with van der Waals surface area (Å²) < 4.78 is 188. The van der Waals surface area contributed by atoms with Gasteiger partial charge in [-0.15, -0.1) is 0 Å². The predicted molar refractivity (Wildman–Crippen MR) is 533 cm³/mol. The zero-order valence-electron chi connectivity index (χ0n) is 80.8. The number of phenolic OH excluding ortho intramolecular Hbond substituents is 1. The molecular formula is C106H101F6N11O18S3. The van der Waals surface area contributed by atoms with E-state index >= 15 is 0 Å². The van der Waals surface area contributed by atoms with Crippen LogP contribution in [0.4, 0.5) is 43.4 Å². The molecule has 0 spiro atoms. The lowest BCUT2D eigenvalue weighted by Gasteiger charge is -2.24. The molecule has 5 amide bonds. The summed E-state index contributed by atoms with van der Waals surface area (Å²) in [4.78, 5) is 101. The normalized spacial score (nSPS) is 12.6. The van der Waals surface area contributed by atoms with Crippen LogP contribution in [-0.4, -0.2) is 193 Å². The van der Waals surface area contributed by atoms with E-state index in [9.17, 15) is 90.6 Å². The number of fused-ring (bicyclic) bond motifs is 6. The van der Waals surface area contributed by atoms with Gasteiger partial charge in [0.2, 0.25) is 30.1 Å². The molecular weight excluding hydrogens is 1930 g/mol. The van der Waals surface area contributed by atoms with E-state index in [1.807, 2.05) is 32.0 Å².